The van der Waals surface area contributed by atoms with E-state index in [0.717, 1.165) is 0 Å². The fourth-order valence-electron chi connectivity index (χ4n) is 0.934. The molecule has 0 bridgehead atoms. The van der Waals surface area contributed by atoms with Crippen LogP contribution in [0.25, 0.3) is 0 Å². The molecule has 0 aliphatic carbocycles. The van der Waals surface area contributed by atoms with Crippen LogP contribution in [-0.4, -0.2) is 47.0 Å². The van der Waals surface area contributed by atoms with Gasteiger partial charge in [0, 0.05) is 0 Å². The summed E-state index contributed by atoms with van der Waals surface area (Å²) in [5.74, 6) is -2.30. The first-order chi connectivity index (χ1) is 7.68. The minimum atomic E-state index is -4.35. The lowest BCUT2D eigenvalue weighted by Crippen LogP contribution is -2.48. The smallest absolute Gasteiger partial charge is 0.343 e. The zero-order chi connectivity index (χ0) is 13.6. The molecule has 0 radical (unpaired) electrons. The Morgan fingerprint density at radius 2 is 1.76 bits per heavy atom. The molecule has 0 spiro atoms. The summed E-state index contributed by atoms with van der Waals surface area (Å²) in [5.41, 5.74) is 0. The van der Waals surface area contributed by atoms with Crippen LogP contribution in [0.4, 0.5) is 0 Å². The maximum atomic E-state index is 11.5. The van der Waals surface area contributed by atoms with Crippen LogP contribution in [0.15, 0.2) is 0 Å². The molecule has 0 aromatic heterocycles. The van der Waals surface area contributed by atoms with Crippen molar-refractivity contribution in [3.8, 4) is 0 Å². The van der Waals surface area contributed by atoms with Gasteiger partial charge < -0.3 is 25.7 Å². The highest BCUT2D eigenvalue weighted by molar-refractivity contribution is 7.52. The van der Waals surface area contributed by atoms with Crippen molar-refractivity contribution in [1.82, 2.24) is 16.0 Å². The SMILES string of the molecule is CNCC(=O)N[C@@H](C)C(=O)N[C@@H](C)P(=O)(O)O. The molecule has 9 heteroatoms. The Morgan fingerprint density at radius 1 is 1.24 bits per heavy atom. The second-order valence-electron chi connectivity index (χ2n) is 3.59. The van der Waals surface area contributed by atoms with Crippen molar-refractivity contribution in [3.05, 3.63) is 0 Å². The molecule has 0 fully saturated rings. The number of carbonyl (C=O) groups excluding carboxylic acids is 2. The lowest BCUT2D eigenvalue weighted by atomic mass is 10.3. The van der Waals surface area contributed by atoms with Crippen molar-refractivity contribution in [3.63, 3.8) is 0 Å². The Morgan fingerprint density at radius 3 is 2.18 bits per heavy atom. The highest BCUT2D eigenvalue weighted by Crippen LogP contribution is 2.38. The van der Waals surface area contributed by atoms with E-state index < -0.39 is 25.3 Å². The summed E-state index contributed by atoms with van der Waals surface area (Å²) in [4.78, 5) is 40.1. The Bertz CT molecular complexity index is 329. The van der Waals surface area contributed by atoms with Crippen molar-refractivity contribution >= 4 is 19.4 Å². The van der Waals surface area contributed by atoms with Crippen molar-refractivity contribution < 1.29 is 23.9 Å². The summed E-state index contributed by atoms with van der Waals surface area (Å²) < 4.78 is 10.8. The Balaban J connectivity index is 4.24. The average molecular weight is 267 g/mol. The number of carbonyl (C=O) groups is 2. The summed E-state index contributed by atoms with van der Waals surface area (Å²) in [5, 5.41) is 7.11. The van der Waals surface area contributed by atoms with Crippen molar-refractivity contribution in [2.24, 2.45) is 0 Å². The molecule has 0 aliphatic heterocycles. The second kappa shape index (κ2) is 6.70. The Hall–Kier alpha value is -0.950. The number of hydrogen-bond acceptors (Lipinski definition) is 4. The van der Waals surface area contributed by atoms with Gasteiger partial charge in [-0.05, 0) is 20.9 Å². The zero-order valence-electron chi connectivity index (χ0n) is 9.93. The predicted molar refractivity (Wildman–Crippen MR) is 61.2 cm³/mol. The monoisotopic (exact) mass is 267 g/mol. The number of likely N-dealkylation sites (N-methyl/N-ethyl adjacent to an activating group) is 1. The fraction of sp³-hybridized carbons (Fsp3) is 0.750. The second-order valence-corrected chi connectivity index (χ2v) is 5.55. The molecule has 8 nitrogen and oxygen atoms in total. The van der Waals surface area contributed by atoms with Crippen LogP contribution < -0.4 is 16.0 Å². The largest absolute Gasteiger partial charge is 0.347 e. The van der Waals surface area contributed by atoms with Gasteiger partial charge in [-0.3, -0.25) is 14.2 Å². The number of amides is 2. The molecule has 0 saturated carbocycles. The van der Waals surface area contributed by atoms with Gasteiger partial charge in [-0.2, -0.15) is 0 Å². The third-order valence-electron chi connectivity index (χ3n) is 1.96. The number of nitrogens with one attached hydrogen (secondary N) is 3. The van der Waals surface area contributed by atoms with Crippen molar-refractivity contribution in [2.45, 2.75) is 25.7 Å². The normalized spacial score (nSPS) is 14.9. The van der Waals surface area contributed by atoms with E-state index in [9.17, 15) is 14.2 Å². The summed E-state index contributed by atoms with van der Waals surface area (Å²) in [6, 6.07) is -0.857. The molecule has 0 aliphatic rings. The van der Waals surface area contributed by atoms with Gasteiger partial charge in [0.1, 0.15) is 11.8 Å². The van der Waals surface area contributed by atoms with Crippen LogP contribution in [0.5, 0.6) is 0 Å². The third-order valence-corrected chi connectivity index (χ3v) is 3.10. The Labute approximate surface area is 99.3 Å². The fourth-order valence-corrected chi connectivity index (χ4v) is 1.23. The molecule has 17 heavy (non-hydrogen) atoms. The van der Waals surface area contributed by atoms with Gasteiger partial charge in [-0.15, -0.1) is 0 Å². The van der Waals surface area contributed by atoms with Crippen LogP contribution in [-0.2, 0) is 14.2 Å². The van der Waals surface area contributed by atoms with Crippen LogP contribution in [0.3, 0.4) is 0 Å². The van der Waals surface area contributed by atoms with Crippen LogP contribution in [0, 0.1) is 0 Å². The standard InChI is InChI=1S/C8H18N3O5P/c1-5(10-7(12)4-9-3)8(13)11-6(2)17(14,15)16/h5-6,9H,4H2,1-3H3,(H,10,12)(H,11,13)(H2,14,15,16)/t5-,6+/m0/s1. The predicted octanol–water partition coefficient (Wildman–Crippen LogP) is -1.65. The molecule has 0 saturated heterocycles. The lowest BCUT2D eigenvalue weighted by molar-refractivity contribution is -0.128. The van der Waals surface area contributed by atoms with E-state index in [2.05, 4.69) is 16.0 Å². The van der Waals surface area contributed by atoms with Gasteiger partial charge in [-0.1, -0.05) is 0 Å². The Kier molecular flexibility index (Phi) is 6.33. The van der Waals surface area contributed by atoms with E-state index in [1.54, 1.807) is 7.05 Å². The highest BCUT2D eigenvalue weighted by atomic mass is 31.2. The first kappa shape index (κ1) is 16.1. The summed E-state index contributed by atoms with van der Waals surface area (Å²) in [6.07, 6.45) is 0. The van der Waals surface area contributed by atoms with Gasteiger partial charge in [0.25, 0.3) is 0 Å². The van der Waals surface area contributed by atoms with Crippen molar-refractivity contribution in [1.29, 1.82) is 0 Å². The topological polar surface area (TPSA) is 128 Å². The van der Waals surface area contributed by atoms with Crippen molar-refractivity contribution in [2.75, 3.05) is 13.6 Å². The molecule has 0 heterocycles. The van der Waals surface area contributed by atoms with E-state index >= 15 is 0 Å². The third kappa shape index (κ3) is 6.38. The average Bonchev–Trinajstić information content (AvgIpc) is 2.16. The van der Waals surface area contributed by atoms with E-state index in [0.29, 0.717) is 0 Å². The van der Waals surface area contributed by atoms with E-state index in [1.807, 2.05) is 0 Å². The lowest BCUT2D eigenvalue weighted by Gasteiger charge is -2.19. The maximum Gasteiger partial charge on any atom is 0.347 e. The van der Waals surface area contributed by atoms with Crippen LogP contribution >= 0.6 is 7.60 Å². The summed E-state index contributed by atoms with van der Waals surface area (Å²) in [6.45, 7) is 2.68. The summed E-state index contributed by atoms with van der Waals surface area (Å²) in [7, 11) is -2.77. The molecule has 0 aromatic carbocycles. The highest BCUT2D eigenvalue weighted by Gasteiger charge is 2.27. The molecule has 2 amide bonds. The van der Waals surface area contributed by atoms with E-state index in [1.165, 1.54) is 13.8 Å². The minimum Gasteiger partial charge on any atom is -0.343 e. The molecule has 0 aromatic rings. The molecule has 5 N–H and O–H groups in total. The zero-order valence-corrected chi connectivity index (χ0v) is 10.8. The molecule has 2 atom stereocenters. The van der Waals surface area contributed by atoms with E-state index in [-0.39, 0.29) is 12.5 Å². The number of rotatable bonds is 6. The molecule has 100 valence electrons. The van der Waals surface area contributed by atoms with Crippen LogP contribution in [0.1, 0.15) is 13.8 Å². The van der Waals surface area contributed by atoms with Gasteiger partial charge in [0.05, 0.1) is 6.54 Å². The molecule has 0 unspecified atom stereocenters. The minimum absolute atomic E-state index is 0.0612. The first-order valence-corrected chi connectivity index (χ1v) is 6.66. The molecule has 0 rings (SSSR count). The summed E-state index contributed by atoms with van der Waals surface area (Å²) >= 11 is 0. The first-order valence-electron chi connectivity index (χ1n) is 4.98. The van der Waals surface area contributed by atoms with Crippen LogP contribution in [0.2, 0.25) is 0 Å². The maximum absolute atomic E-state index is 11.5. The quantitative estimate of drug-likeness (QED) is 0.367. The van der Waals surface area contributed by atoms with Gasteiger partial charge in [0.15, 0.2) is 0 Å². The van der Waals surface area contributed by atoms with Gasteiger partial charge in [0.2, 0.25) is 11.8 Å². The van der Waals surface area contributed by atoms with Gasteiger partial charge in [-0.25, -0.2) is 0 Å². The molecular weight excluding hydrogens is 249 g/mol. The van der Waals surface area contributed by atoms with E-state index in [4.69, 9.17) is 9.79 Å². The number of hydrogen-bond donors (Lipinski definition) is 5. The molecular formula is C8H18N3O5P. The van der Waals surface area contributed by atoms with Gasteiger partial charge >= 0.3 is 7.60 Å².